The van der Waals surface area contributed by atoms with Gasteiger partial charge in [0.15, 0.2) is 3.95 Å². The molecule has 1 nitrogen and oxygen atoms in total. The third-order valence-electron chi connectivity index (χ3n) is 0.494. The van der Waals surface area contributed by atoms with Crippen molar-refractivity contribution >= 4 is 39.5 Å². The molecule has 0 spiro atoms. The Balaban J connectivity index is 3.30. The van der Waals surface area contributed by atoms with Gasteiger partial charge in [-0.3, -0.25) is 0 Å². The standard InChI is InChI=1S/C3H2BrNS2/c4-2-1-5-3(6)7-2/h1H,(H,5,6). The molecule has 7 heavy (non-hydrogen) atoms. The fourth-order valence-corrected chi connectivity index (χ4v) is 1.93. The zero-order chi connectivity index (χ0) is 5.28. The fourth-order valence-electron chi connectivity index (χ4n) is 0.263. The van der Waals surface area contributed by atoms with Gasteiger partial charge in [0.25, 0.3) is 0 Å². The van der Waals surface area contributed by atoms with Crippen LogP contribution in [0.5, 0.6) is 0 Å². The number of H-pyrrole nitrogens is 1. The van der Waals surface area contributed by atoms with Crippen LogP contribution in [0.2, 0.25) is 0 Å². The molecule has 0 aliphatic heterocycles. The van der Waals surface area contributed by atoms with Crippen molar-refractivity contribution in [3.8, 4) is 0 Å². The highest BCUT2D eigenvalue weighted by atomic mass is 79.9. The summed E-state index contributed by atoms with van der Waals surface area (Å²) < 4.78 is 1.87. The van der Waals surface area contributed by atoms with Gasteiger partial charge in [0.05, 0.1) is 3.79 Å². The molecule has 0 saturated heterocycles. The molecule has 0 bridgehead atoms. The molecule has 0 radical (unpaired) electrons. The summed E-state index contributed by atoms with van der Waals surface area (Å²) in [6.07, 6.45) is 1.83. The monoisotopic (exact) mass is 195 g/mol. The molecule has 0 aliphatic carbocycles. The average Bonchev–Trinajstić information content (AvgIpc) is 1.87. The Hall–Kier alpha value is 0.330. The number of thiazole rings is 1. The van der Waals surface area contributed by atoms with E-state index in [4.69, 9.17) is 12.2 Å². The van der Waals surface area contributed by atoms with Crippen LogP contribution in [-0.2, 0) is 0 Å². The smallest absolute Gasteiger partial charge is 0.159 e. The van der Waals surface area contributed by atoms with Crippen LogP contribution in [0, 0.1) is 3.95 Å². The Bertz CT molecular complexity index is 201. The van der Waals surface area contributed by atoms with E-state index in [0.717, 1.165) is 7.74 Å². The molecule has 0 aliphatic rings. The molecule has 0 fully saturated rings. The lowest BCUT2D eigenvalue weighted by atomic mass is 11.0. The van der Waals surface area contributed by atoms with E-state index in [1.165, 1.54) is 11.3 Å². The lowest BCUT2D eigenvalue weighted by Crippen LogP contribution is -1.46. The van der Waals surface area contributed by atoms with Crippen molar-refractivity contribution in [1.82, 2.24) is 4.98 Å². The summed E-state index contributed by atoms with van der Waals surface area (Å²) in [6, 6.07) is 0. The van der Waals surface area contributed by atoms with E-state index < -0.39 is 0 Å². The largest absolute Gasteiger partial charge is 0.343 e. The van der Waals surface area contributed by atoms with Gasteiger partial charge < -0.3 is 4.98 Å². The minimum absolute atomic E-state index is 0.812. The van der Waals surface area contributed by atoms with Crippen LogP contribution >= 0.6 is 39.5 Å². The Kier molecular flexibility index (Phi) is 1.61. The highest BCUT2D eigenvalue weighted by molar-refractivity contribution is 9.11. The van der Waals surface area contributed by atoms with Crippen LogP contribution in [0.3, 0.4) is 0 Å². The first kappa shape index (κ1) is 5.47. The predicted molar refractivity (Wildman–Crippen MR) is 37.2 cm³/mol. The zero-order valence-electron chi connectivity index (χ0n) is 3.27. The van der Waals surface area contributed by atoms with E-state index >= 15 is 0 Å². The lowest BCUT2D eigenvalue weighted by Gasteiger charge is -1.61. The minimum Gasteiger partial charge on any atom is -0.343 e. The van der Waals surface area contributed by atoms with Crippen molar-refractivity contribution in [2.45, 2.75) is 0 Å². The number of nitrogens with one attached hydrogen (secondary N) is 1. The van der Waals surface area contributed by atoms with Crippen molar-refractivity contribution in [3.05, 3.63) is 13.9 Å². The SMILES string of the molecule is S=c1[nH]cc(Br)s1. The molecular formula is C3H2BrNS2. The number of halogens is 1. The highest BCUT2D eigenvalue weighted by Crippen LogP contribution is 2.14. The van der Waals surface area contributed by atoms with Crippen molar-refractivity contribution in [2.75, 3.05) is 0 Å². The van der Waals surface area contributed by atoms with Crippen molar-refractivity contribution in [3.63, 3.8) is 0 Å². The van der Waals surface area contributed by atoms with Crippen LogP contribution in [0.15, 0.2) is 9.98 Å². The molecule has 0 unspecified atom stereocenters. The van der Waals surface area contributed by atoms with Crippen LogP contribution in [0.25, 0.3) is 0 Å². The summed E-state index contributed by atoms with van der Waals surface area (Å²) in [5, 5.41) is 0. The van der Waals surface area contributed by atoms with E-state index in [-0.39, 0.29) is 0 Å². The Morgan fingerprint density at radius 1 is 1.86 bits per heavy atom. The highest BCUT2D eigenvalue weighted by Gasteiger charge is 1.82. The van der Waals surface area contributed by atoms with Gasteiger partial charge in [-0.2, -0.15) is 0 Å². The van der Waals surface area contributed by atoms with Crippen LogP contribution < -0.4 is 0 Å². The third kappa shape index (κ3) is 1.36. The molecular weight excluding hydrogens is 194 g/mol. The first-order valence-corrected chi connectivity index (χ1v) is 3.65. The number of hydrogen-bond donors (Lipinski definition) is 1. The molecule has 1 rings (SSSR count). The van der Waals surface area contributed by atoms with Gasteiger partial charge >= 0.3 is 0 Å². The molecule has 1 aromatic heterocycles. The quantitative estimate of drug-likeness (QED) is 0.630. The van der Waals surface area contributed by atoms with E-state index in [9.17, 15) is 0 Å². The van der Waals surface area contributed by atoms with E-state index in [1.54, 1.807) is 0 Å². The predicted octanol–water partition coefficient (Wildman–Crippen LogP) is 2.57. The van der Waals surface area contributed by atoms with Crippen LogP contribution in [0.4, 0.5) is 0 Å². The van der Waals surface area contributed by atoms with Crippen LogP contribution in [0.1, 0.15) is 0 Å². The van der Waals surface area contributed by atoms with Crippen molar-refractivity contribution < 1.29 is 0 Å². The first-order chi connectivity index (χ1) is 3.29. The maximum atomic E-state index is 4.77. The van der Waals surface area contributed by atoms with E-state index in [1.807, 2.05) is 6.20 Å². The van der Waals surface area contributed by atoms with E-state index in [0.29, 0.717) is 0 Å². The summed E-state index contributed by atoms with van der Waals surface area (Å²) in [5.41, 5.74) is 0. The Morgan fingerprint density at radius 2 is 2.57 bits per heavy atom. The summed E-state index contributed by atoms with van der Waals surface area (Å²) in [6.45, 7) is 0. The molecule has 1 heterocycles. The first-order valence-electron chi connectivity index (χ1n) is 1.63. The minimum atomic E-state index is 0.812. The van der Waals surface area contributed by atoms with Gasteiger partial charge in [0, 0.05) is 6.20 Å². The number of aromatic amines is 1. The van der Waals surface area contributed by atoms with Gasteiger partial charge in [-0.1, -0.05) is 11.3 Å². The molecule has 0 amide bonds. The fraction of sp³-hybridized carbons (Fsp3) is 0. The summed E-state index contributed by atoms with van der Waals surface area (Å²) in [7, 11) is 0. The van der Waals surface area contributed by atoms with Gasteiger partial charge in [-0.05, 0) is 28.1 Å². The Labute approximate surface area is 58.5 Å². The van der Waals surface area contributed by atoms with E-state index in [2.05, 4.69) is 20.9 Å². The van der Waals surface area contributed by atoms with Crippen LogP contribution in [-0.4, -0.2) is 4.98 Å². The Morgan fingerprint density at radius 3 is 2.71 bits per heavy atom. The molecule has 0 aromatic carbocycles. The van der Waals surface area contributed by atoms with Crippen molar-refractivity contribution in [2.24, 2.45) is 0 Å². The number of hydrogen-bond acceptors (Lipinski definition) is 2. The summed E-state index contributed by atoms with van der Waals surface area (Å²) in [4.78, 5) is 2.85. The second kappa shape index (κ2) is 2.07. The van der Waals surface area contributed by atoms with Gasteiger partial charge in [-0.25, -0.2) is 0 Å². The molecule has 4 heteroatoms. The maximum Gasteiger partial charge on any atom is 0.159 e. The second-order valence-electron chi connectivity index (χ2n) is 0.982. The lowest BCUT2D eigenvalue weighted by molar-refractivity contribution is 1.39. The third-order valence-corrected chi connectivity index (χ3v) is 2.19. The normalized spacial score (nSPS) is 9.29. The molecule has 1 N–H and O–H groups in total. The zero-order valence-corrected chi connectivity index (χ0v) is 6.49. The van der Waals surface area contributed by atoms with Gasteiger partial charge in [0.1, 0.15) is 0 Å². The molecule has 1 aromatic rings. The molecule has 0 saturated carbocycles. The second-order valence-corrected chi connectivity index (χ2v) is 4.08. The number of rotatable bonds is 0. The van der Waals surface area contributed by atoms with Crippen molar-refractivity contribution in [1.29, 1.82) is 0 Å². The maximum absolute atomic E-state index is 4.77. The van der Waals surface area contributed by atoms with Gasteiger partial charge in [-0.15, -0.1) is 0 Å². The summed E-state index contributed by atoms with van der Waals surface area (Å²) >= 11 is 9.54. The van der Waals surface area contributed by atoms with Gasteiger partial charge in [0.2, 0.25) is 0 Å². The topological polar surface area (TPSA) is 15.8 Å². The molecule has 38 valence electrons. The average molecular weight is 196 g/mol. The molecule has 0 atom stereocenters. The summed E-state index contributed by atoms with van der Waals surface area (Å²) in [5.74, 6) is 0. The number of aromatic nitrogens is 1.